The van der Waals surface area contributed by atoms with Crippen molar-refractivity contribution in [1.82, 2.24) is 5.32 Å². The Morgan fingerprint density at radius 2 is 1.83 bits per heavy atom. The van der Waals surface area contributed by atoms with Gasteiger partial charge in [-0.15, -0.1) is 0 Å². The smallest absolute Gasteiger partial charge is 0.308 e. The van der Waals surface area contributed by atoms with Crippen molar-refractivity contribution >= 4 is 29.5 Å². The number of carboxylic acid groups (broad SMARTS) is 1. The van der Waals surface area contributed by atoms with E-state index in [1.54, 1.807) is 24.3 Å². The van der Waals surface area contributed by atoms with Crippen LogP contribution in [-0.4, -0.2) is 36.0 Å². The Balaban J connectivity index is 1.72. The first-order valence-corrected chi connectivity index (χ1v) is 11.1. The lowest BCUT2D eigenvalue weighted by Crippen LogP contribution is -2.25. The number of benzene rings is 1. The number of amides is 2. The summed E-state index contributed by atoms with van der Waals surface area (Å²) in [7, 11) is 0. The zero-order valence-electron chi connectivity index (χ0n) is 17.9. The lowest BCUT2D eigenvalue weighted by atomic mass is 10.1. The van der Waals surface area contributed by atoms with Crippen LogP contribution < -0.4 is 10.2 Å². The van der Waals surface area contributed by atoms with Gasteiger partial charge in [-0.1, -0.05) is 64.0 Å². The molecule has 0 bridgehead atoms. The molecule has 30 heavy (non-hydrogen) atoms. The second-order valence-electron chi connectivity index (χ2n) is 7.94. The van der Waals surface area contributed by atoms with Crippen molar-refractivity contribution in [2.45, 2.75) is 64.7 Å². The Morgan fingerprint density at radius 1 is 1.13 bits per heavy atom. The predicted octanol–water partition coefficient (Wildman–Crippen LogP) is 4.39. The molecule has 2 rings (SSSR count). The normalized spacial score (nSPS) is 16.4. The van der Waals surface area contributed by atoms with E-state index in [-0.39, 0.29) is 24.8 Å². The summed E-state index contributed by atoms with van der Waals surface area (Å²) in [6.07, 6.45) is 13.1. The van der Waals surface area contributed by atoms with Gasteiger partial charge < -0.3 is 15.3 Å². The fourth-order valence-electron chi connectivity index (χ4n) is 3.62. The van der Waals surface area contributed by atoms with Crippen LogP contribution in [-0.2, 0) is 14.4 Å². The average Bonchev–Trinajstić information content (AvgIpc) is 3.13. The molecular weight excluding hydrogens is 380 g/mol. The molecule has 1 fully saturated rings. The van der Waals surface area contributed by atoms with E-state index >= 15 is 0 Å². The van der Waals surface area contributed by atoms with Gasteiger partial charge in [-0.3, -0.25) is 14.4 Å². The van der Waals surface area contributed by atoms with E-state index in [2.05, 4.69) is 12.2 Å². The van der Waals surface area contributed by atoms with Crippen molar-refractivity contribution in [3.63, 3.8) is 0 Å². The van der Waals surface area contributed by atoms with Crippen molar-refractivity contribution in [2.75, 3.05) is 18.0 Å². The number of hydrogen-bond donors (Lipinski definition) is 2. The van der Waals surface area contributed by atoms with Gasteiger partial charge in [-0.05, 0) is 30.2 Å². The fraction of sp³-hybridized carbons (Fsp3) is 0.542. The van der Waals surface area contributed by atoms with E-state index in [9.17, 15) is 14.4 Å². The molecule has 0 spiro atoms. The van der Waals surface area contributed by atoms with Crippen LogP contribution in [0.4, 0.5) is 5.69 Å². The zero-order valence-corrected chi connectivity index (χ0v) is 17.9. The molecule has 2 N–H and O–H groups in total. The number of hydrogen-bond acceptors (Lipinski definition) is 3. The molecule has 1 aliphatic rings. The van der Waals surface area contributed by atoms with Gasteiger partial charge in [0.25, 0.3) is 0 Å². The molecule has 1 heterocycles. The van der Waals surface area contributed by atoms with Crippen LogP contribution in [0.15, 0.2) is 30.3 Å². The summed E-state index contributed by atoms with van der Waals surface area (Å²) in [5.41, 5.74) is 1.45. The van der Waals surface area contributed by atoms with E-state index in [1.165, 1.54) is 49.5 Å². The van der Waals surface area contributed by atoms with Gasteiger partial charge in [0, 0.05) is 31.3 Å². The summed E-state index contributed by atoms with van der Waals surface area (Å²) in [6, 6.07) is 7.22. The van der Waals surface area contributed by atoms with Crippen LogP contribution >= 0.6 is 0 Å². The number of aliphatic carboxylic acids is 1. The highest BCUT2D eigenvalue weighted by Gasteiger charge is 2.34. The number of nitrogens with zero attached hydrogens (tertiary/aromatic N) is 1. The molecule has 0 aliphatic carbocycles. The number of carbonyl (C=O) groups excluding carboxylic acids is 2. The largest absolute Gasteiger partial charge is 0.481 e. The summed E-state index contributed by atoms with van der Waals surface area (Å²) in [4.78, 5) is 36.7. The fourth-order valence-corrected chi connectivity index (χ4v) is 3.62. The van der Waals surface area contributed by atoms with E-state index in [0.29, 0.717) is 12.2 Å². The molecule has 1 aromatic carbocycles. The molecule has 1 aromatic rings. The Labute approximate surface area is 179 Å². The quantitative estimate of drug-likeness (QED) is 0.370. The zero-order chi connectivity index (χ0) is 21.8. The van der Waals surface area contributed by atoms with Crippen molar-refractivity contribution in [3.8, 4) is 0 Å². The third kappa shape index (κ3) is 8.01. The summed E-state index contributed by atoms with van der Waals surface area (Å²) < 4.78 is 0. The highest BCUT2D eigenvalue weighted by atomic mass is 16.4. The minimum absolute atomic E-state index is 0.0244. The molecule has 6 heteroatoms. The maximum atomic E-state index is 12.1. The number of nitrogens with one attached hydrogen (secondary N) is 1. The first kappa shape index (κ1) is 23.6. The first-order chi connectivity index (χ1) is 14.5. The minimum atomic E-state index is -0.949. The SMILES string of the molecule is CCCCCCCCCCNC(=O)C=Cc1cccc(N2CC(C(=O)O)CC2=O)c1. The van der Waals surface area contributed by atoms with Crippen LogP contribution in [0.5, 0.6) is 0 Å². The lowest BCUT2D eigenvalue weighted by molar-refractivity contribution is -0.141. The van der Waals surface area contributed by atoms with Crippen LogP contribution in [0.1, 0.15) is 70.3 Å². The van der Waals surface area contributed by atoms with Gasteiger partial charge in [0.1, 0.15) is 0 Å². The second kappa shape index (κ2) is 12.8. The number of unbranched alkanes of at least 4 members (excludes halogenated alkanes) is 7. The highest BCUT2D eigenvalue weighted by molar-refractivity contribution is 5.99. The van der Waals surface area contributed by atoms with Gasteiger partial charge in [0.2, 0.25) is 11.8 Å². The molecule has 0 radical (unpaired) electrons. The van der Waals surface area contributed by atoms with Crippen molar-refractivity contribution in [1.29, 1.82) is 0 Å². The molecule has 0 saturated carbocycles. The Kier molecular flexibility index (Phi) is 10.1. The monoisotopic (exact) mass is 414 g/mol. The molecule has 1 atom stereocenters. The molecule has 1 saturated heterocycles. The van der Waals surface area contributed by atoms with Gasteiger partial charge in [0.05, 0.1) is 5.92 Å². The number of anilines is 1. The molecule has 2 amide bonds. The molecule has 1 aliphatic heterocycles. The Bertz CT molecular complexity index is 744. The lowest BCUT2D eigenvalue weighted by Gasteiger charge is -2.16. The minimum Gasteiger partial charge on any atom is -0.481 e. The third-order valence-corrected chi connectivity index (χ3v) is 5.41. The second-order valence-corrected chi connectivity index (χ2v) is 7.94. The van der Waals surface area contributed by atoms with E-state index in [0.717, 1.165) is 18.4 Å². The van der Waals surface area contributed by atoms with Crippen LogP contribution in [0.2, 0.25) is 0 Å². The number of carboxylic acids is 1. The van der Waals surface area contributed by atoms with Crippen molar-refractivity contribution in [2.24, 2.45) is 5.92 Å². The predicted molar refractivity (Wildman–Crippen MR) is 119 cm³/mol. The standard InChI is InChI=1S/C24H34N2O4/c1-2-3-4-5-6-7-8-9-15-25-22(27)14-13-19-11-10-12-21(16-19)26-18-20(24(29)30)17-23(26)28/h10-14,16,20H,2-9,15,17-18H2,1H3,(H,25,27)(H,29,30). The number of carbonyl (C=O) groups is 3. The molecular formula is C24H34N2O4. The summed E-state index contributed by atoms with van der Waals surface area (Å²) in [6.45, 7) is 3.08. The molecule has 1 unspecified atom stereocenters. The molecule has 0 aromatic heterocycles. The maximum Gasteiger partial charge on any atom is 0.308 e. The van der Waals surface area contributed by atoms with Crippen LogP contribution in [0, 0.1) is 5.92 Å². The van der Waals surface area contributed by atoms with E-state index in [4.69, 9.17) is 5.11 Å². The van der Waals surface area contributed by atoms with Crippen LogP contribution in [0.3, 0.4) is 0 Å². The highest BCUT2D eigenvalue weighted by Crippen LogP contribution is 2.26. The third-order valence-electron chi connectivity index (χ3n) is 5.41. The average molecular weight is 415 g/mol. The van der Waals surface area contributed by atoms with Crippen LogP contribution in [0.25, 0.3) is 6.08 Å². The van der Waals surface area contributed by atoms with Gasteiger partial charge in [0.15, 0.2) is 0 Å². The van der Waals surface area contributed by atoms with E-state index in [1.807, 2.05) is 6.07 Å². The molecule has 6 nitrogen and oxygen atoms in total. The van der Waals surface area contributed by atoms with Gasteiger partial charge in [-0.25, -0.2) is 0 Å². The van der Waals surface area contributed by atoms with E-state index < -0.39 is 11.9 Å². The van der Waals surface area contributed by atoms with Crippen molar-refractivity contribution in [3.05, 3.63) is 35.9 Å². The first-order valence-electron chi connectivity index (χ1n) is 11.1. The molecule has 164 valence electrons. The number of rotatable bonds is 13. The topological polar surface area (TPSA) is 86.7 Å². The Morgan fingerprint density at radius 3 is 2.50 bits per heavy atom. The van der Waals surface area contributed by atoms with Crippen molar-refractivity contribution < 1.29 is 19.5 Å². The van der Waals surface area contributed by atoms with Gasteiger partial charge >= 0.3 is 5.97 Å². The Hall–Kier alpha value is -2.63. The maximum absolute atomic E-state index is 12.1. The summed E-state index contributed by atoms with van der Waals surface area (Å²) in [5, 5.41) is 12.0. The summed E-state index contributed by atoms with van der Waals surface area (Å²) in [5.74, 6) is -1.94. The van der Waals surface area contributed by atoms with Gasteiger partial charge in [-0.2, -0.15) is 0 Å². The summed E-state index contributed by atoms with van der Waals surface area (Å²) >= 11 is 0.